The molecule has 1 N–H and O–H groups in total. The van der Waals surface area contributed by atoms with Crippen molar-refractivity contribution in [3.63, 3.8) is 0 Å². The number of amides is 1. The van der Waals surface area contributed by atoms with Crippen LogP contribution in [0.15, 0.2) is 5.16 Å². The second kappa shape index (κ2) is 7.07. The van der Waals surface area contributed by atoms with Gasteiger partial charge in [0.25, 0.3) is 0 Å². The maximum Gasteiger partial charge on any atom is 0.313 e. The van der Waals surface area contributed by atoms with Crippen LogP contribution in [-0.4, -0.2) is 60.9 Å². The highest BCUT2D eigenvalue weighted by atomic mass is 32.2. The molecule has 1 aromatic rings. The molecule has 0 aromatic carbocycles. The summed E-state index contributed by atoms with van der Waals surface area (Å²) in [6.45, 7) is 6.71. The van der Waals surface area contributed by atoms with E-state index in [4.69, 9.17) is 5.11 Å². The standard InChI is InChI=1S/C10H17N5O3S/c1-4-14(5-2)9(18)7(3)15-10(11-12-13-15)19-6-8(16)17/h7H,4-6H2,1-3H3,(H,16,17). The summed E-state index contributed by atoms with van der Waals surface area (Å²) < 4.78 is 1.36. The number of hydrogen-bond donors (Lipinski definition) is 1. The molecule has 0 aliphatic carbocycles. The van der Waals surface area contributed by atoms with Gasteiger partial charge in [-0.25, -0.2) is 4.68 Å². The van der Waals surface area contributed by atoms with Crippen molar-refractivity contribution in [3.8, 4) is 0 Å². The smallest absolute Gasteiger partial charge is 0.313 e. The highest BCUT2D eigenvalue weighted by Gasteiger charge is 2.24. The summed E-state index contributed by atoms with van der Waals surface area (Å²) in [4.78, 5) is 24.4. The first-order chi connectivity index (χ1) is 9.01. The minimum Gasteiger partial charge on any atom is -0.481 e. The Morgan fingerprint density at radius 1 is 1.42 bits per heavy atom. The fourth-order valence-corrected chi connectivity index (χ4v) is 2.23. The molecule has 19 heavy (non-hydrogen) atoms. The number of likely N-dealkylation sites (N-methyl/N-ethyl adjacent to an activating group) is 1. The van der Waals surface area contributed by atoms with E-state index in [1.54, 1.807) is 11.8 Å². The third-order valence-electron chi connectivity index (χ3n) is 2.59. The van der Waals surface area contributed by atoms with Gasteiger partial charge in [0.1, 0.15) is 6.04 Å². The lowest BCUT2D eigenvalue weighted by Gasteiger charge is -2.22. The Hall–Kier alpha value is -1.64. The minimum atomic E-state index is -0.956. The summed E-state index contributed by atoms with van der Waals surface area (Å²) >= 11 is 0.991. The quantitative estimate of drug-likeness (QED) is 0.719. The molecule has 0 bridgehead atoms. The van der Waals surface area contributed by atoms with Gasteiger partial charge < -0.3 is 10.0 Å². The molecule has 0 saturated carbocycles. The molecule has 0 fully saturated rings. The lowest BCUT2D eigenvalue weighted by atomic mass is 10.3. The molecule has 1 heterocycles. The average molecular weight is 287 g/mol. The molecule has 8 nitrogen and oxygen atoms in total. The Morgan fingerprint density at radius 2 is 2.05 bits per heavy atom. The molecule has 1 amide bonds. The molecule has 9 heteroatoms. The second-order valence-electron chi connectivity index (χ2n) is 3.77. The van der Waals surface area contributed by atoms with E-state index >= 15 is 0 Å². The number of aliphatic carboxylic acids is 1. The number of hydrogen-bond acceptors (Lipinski definition) is 6. The molecule has 1 unspecified atom stereocenters. The number of carboxylic acids is 1. The normalized spacial score (nSPS) is 12.2. The first kappa shape index (κ1) is 15.4. The van der Waals surface area contributed by atoms with Crippen LogP contribution in [0.1, 0.15) is 26.8 Å². The summed E-state index contributed by atoms with van der Waals surface area (Å²) in [5.41, 5.74) is 0. The van der Waals surface area contributed by atoms with Crippen LogP contribution >= 0.6 is 11.8 Å². The van der Waals surface area contributed by atoms with Crippen LogP contribution in [0.4, 0.5) is 0 Å². The van der Waals surface area contributed by atoms with Gasteiger partial charge in [-0.1, -0.05) is 11.8 Å². The zero-order chi connectivity index (χ0) is 14.4. The SMILES string of the molecule is CCN(CC)C(=O)C(C)n1nnnc1SCC(=O)O. The van der Waals surface area contributed by atoms with Crippen molar-refractivity contribution >= 4 is 23.6 Å². The van der Waals surface area contributed by atoms with E-state index in [9.17, 15) is 9.59 Å². The van der Waals surface area contributed by atoms with Crippen LogP contribution in [0.3, 0.4) is 0 Å². The fourth-order valence-electron chi connectivity index (χ4n) is 1.55. The van der Waals surface area contributed by atoms with Crippen molar-refractivity contribution in [1.29, 1.82) is 0 Å². The molecule has 0 spiro atoms. The van der Waals surface area contributed by atoms with Crippen LogP contribution < -0.4 is 0 Å². The Bertz CT molecular complexity index is 446. The number of tetrazole rings is 1. The van der Waals surface area contributed by atoms with E-state index in [0.29, 0.717) is 18.2 Å². The molecule has 1 atom stereocenters. The highest BCUT2D eigenvalue weighted by Crippen LogP contribution is 2.18. The predicted molar refractivity (Wildman–Crippen MR) is 68.8 cm³/mol. The van der Waals surface area contributed by atoms with E-state index in [2.05, 4.69) is 15.5 Å². The zero-order valence-corrected chi connectivity index (χ0v) is 11.9. The van der Waals surface area contributed by atoms with E-state index in [0.717, 1.165) is 11.8 Å². The molecule has 0 aliphatic rings. The third-order valence-corrected chi connectivity index (χ3v) is 3.50. The number of carbonyl (C=O) groups is 2. The number of aromatic nitrogens is 4. The van der Waals surface area contributed by atoms with E-state index < -0.39 is 12.0 Å². The van der Waals surface area contributed by atoms with Crippen molar-refractivity contribution in [2.45, 2.75) is 32.0 Å². The monoisotopic (exact) mass is 287 g/mol. The largest absolute Gasteiger partial charge is 0.481 e. The van der Waals surface area contributed by atoms with Gasteiger partial charge in [-0.3, -0.25) is 9.59 Å². The van der Waals surface area contributed by atoms with Gasteiger partial charge in [0, 0.05) is 13.1 Å². The summed E-state index contributed by atoms with van der Waals surface area (Å²) in [6, 6.07) is -0.550. The molecular weight excluding hydrogens is 270 g/mol. The van der Waals surface area contributed by atoms with E-state index in [1.807, 2.05) is 13.8 Å². The topological polar surface area (TPSA) is 101 Å². The Labute approximate surface area is 115 Å². The minimum absolute atomic E-state index is 0.0884. The lowest BCUT2D eigenvalue weighted by molar-refractivity contribution is -0.134. The first-order valence-corrected chi connectivity index (χ1v) is 6.91. The van der Waals surface area contributed by atoms with Gasteiger partial charge in [-0.2, -0.15) is 0 Å². The predicted octanol–water partition coefficient (Wildman–Crippen LogP) is 0.279. The highest BCUT2D eigenvalue weighted by molar-refractivity contribution is 7.99. The van der Waals surface area contributed by atoms with Gasteiger partial charge >= 0.3 is 5.97 Å². The van der Waals surface area contributed by atoms with Crippen molar-refractivity contribution < 1.29 is 14.7 Å². The van der Waals surface area contributed by atoms with Crippen LogP contribution in [0, 0.1) is 0 Å². The molecule has 1 rings (SSSR count). The number of rotatable bonds is 7. The summed E-state index contributed by atoms with van der Waals surface area (Å²) in [7, 11) is 0. The lowest BCUT2D eigenvalue weighted by Crippen LogP contribution is -2.36. The van der Waals surface area contributed by atoms with Crippen molar-refractivity contribution in [2.24, 2.45) is 0 Å². The number of thioether (sulfide) groups is 1. The van der Waals surface area contributed by atoms with Crippen LogP contribution in [0.25, 0.3) is 0 Å². The van der Waals surface area contributed by atoms with Crippen LogP contribution in [0.5, 0.6) is 0 Å². The van der Waals surface area contributed by atoms with Gasteiger partial charge in [0.15, 0.2) is 0 Å². The Morgan fingerprint density at radius 3 is 2.58 bits per heavy atom. The first-order valence-electron chi connectivity index (χ1n) is 5.92. The van der Waals surface area contributed by atoms with Crippen molar-refractivity contribution in [1.82, 2.24) is 25.1 Å². The van der Waals surface area contributed by atoms with Crippen molar-refractivity contribution in [2.75, 3.05) is 18.8 Å². The van der Waals surface area contributed by atoms with E-state index in [-0.39, 0.29) is 11.7 Å². The van der Waals surface area contributed by atoms with Gasteiger partial charge in [0.2, 0.25) is 11.1 Å². The Balaban J connectivity index is 2.82. The maximum atomic E-state index is 12.2. The van der Waals surface area contributed by atoms with Gasteiger partial charge in [-0.15, -0.1) is 5.10 Å². The molecule has 106 valence electrons. The van der Waals surface area contributed by atoms with E-state index in [1.165, 1.54) is 4.68 Å². The molecule has 0 aliphatic heterocycles. The van der Waals surface area contributed by atoms with Gasteiger partial charge in [0.05, 0.1) is 5.75 Å². The number of nitrogens with zero attached hydrogens (tertiary/aromatic N) is 5. The van der Waals surface area contributed by atoms with Crippen LogP contribution in [0.2, 0.25) is 0 Å². The Kier molecular flexibility index (Phi) is 5.74. The molecular formula is C10H17N5O3S. The summed E-state index contributed by atoms with van der Waals surface area (Å²) in [5, 5.41) is 20.0. The summed E-state index contributed by atoms with van der Waals surface area (Å²) in [5.74, 6) is -1.19. The maximum absolute atomic E-state index is 12.2. The number of carbonyl (C=O) groups excluding carboxylic acids is 1. The van der Waals surface area contributed by atoms with Crippen LogP contribution in [-0.2, 0) is 9.59 Å². The zero-order valence-electron chi connectivity index (χ0n) is 11.1. The molecule has 0 saturated heterocycles. The fraction of sp³-hybridized carbons (Fsp3) is 0.700. The average Bonchev–Trinajstić information content (AvgIpc) is 2.85. The summed E-state index contributed by atoms with van der Waals surface area (Å²) in [6.07, 6.45) is 0. The molecule has 1 aromatic heterocycles. The van der Waals surface area contributed by atoms with Gasteiger partial charge in [-0.05, 0) is 31.2 Å². The molecule has 0 radical (unpaired) electrons. The van der Waals surface area contributed by atoms with Crippen molar-refractivity contribution in [3.05, 3.63) is 0 Å². The second-order valence-corrected chi connectivity index (χ2v) is 4.72. The third kappa shape index (κ3) is 3.91. The number of carboxylic acid groups (broad SMARTS) is 1.